The number of hydrogen-bond acceptors (Lipinski definition) is 6. The Labute approximate surface area is 205 Å². The van der Waals surface area contributed by atoms with E-state index in [-0.39, 0.29) is 10.8 Å². The Morgan fingerprint density at radius 3 is 2.12 bits per heavy atom. The molecule has 0 bridgehead atoms. The predicted octanol–water partition coefficient (Wildman–Crippen LogP) is 4.67. The van der Waals surface area contributed by atoms with Crippen LogP contribution in [0.3, 0.4) is 0 Å². The van der Waals surface area contributed by atoms with Crippen LogP contribution in [0.15, 0.2) is 0 Å². The largest absolute Gasteiger partial charge is 0.389 e. The summed E-state index contributed by atoms with van der Waals surface area (Å²) in [7, 11) is 1.88. The fourth-order valence-electron chi connectivity index (χ4n) is 10.5. The number of ether oxygens (including phenoxy) is 5. The van der Waals surface area contributed by atoms with E-state index in [1.807, 2.05) is 7.11 Å². The monoisotopic (exact) mass is 478 g/mol. The van der Waals surface area contributed by atoms with E-state index in [2.05, 4.69) is 27.7 Å². The maximum absolute atomic E-state index is 12.4. The summed E-state index contributed by atoms with van der Waals surface area (Å²) in [5, 5.41) is 12.4. The van der Waals surface area contributed by atoms with Gasteiger partial charge in [-0.05, 0) is 67.6 Å². The summed E-state index contributed by atoms with van der Waals surface area (Å²) in [4.78, 5) is 0. The van der Waals surface area contributed by atoms with Crippen molar-refractivity contribution in [2.24, 2.45) is 34.5 Å². The number of fused-ring (bicyclic) bond motifs is 5. The fourth-order valence-corrected chi connectivity index (χ4v) is 10.5. The average Bonchev–Trinajstić information content (AvgIpc) is 3.53. The van der Waals surface area contributed by atoms with E-state index >= 15 is 0 Å². The number of rotatable bonds is 3. The van der Waals surface area contributed by atoms with Gasteiger partial charge >= 0.3 is 0 Å². The van der Waals surface area contributed by atoms with Crippen molar-refractivity contribution >= 4 is 0 Å². The minimum Gasteiger partial charge on any atom is -0.389 e. The topological polar surface area (TPSA) is 66.4 Å². The molecule has 0 aromatic rings. The van der Waals surface area contributed by atoms with Gasteiger partial charge in [0.2, 0.25) is 0 Å². The first-order chi connectivity index (χ1) is 16.1. The molecule has 1 spiro atoms. The molecule has 2 aliphatic heterocycles. The summed E-state index contributed by atoms with van der Waals surface area (Å²) in [5.74, 6) is 0.789. The molecule has 6 unspecified atom stereocenters. The predicted molar refractivity (Wildman–Crippen MR) is 127 cm³/mol. The summed E-state index contributed by atoms with van der Waals surface area (Å²) in [5.41, 5.74) is -1.35. The molecule has 6 aliphatic rings. The standard InChI is InChI=1S/C28H46O6/c1-6-28(33-15-16-34-28)27(30-5)12-9-21-20-17-23(2,3)26(29)18-25(31-13-14-32-25)11-8-22(26)19(20)7-10-24(21,27)4/h19-22,29H,6-18H2,1-5H3/t19?,20?,21?,22?,24-,26?,27?/m0/s1. The minimum atomic E-state index is -0.746. The first-order valence-electron chi connectivity index (χ1n) is 13.9. The molecule has 0 aromatic heterocycles. The Morgan fingerprint density at radius 1 is 0.824 bits per heavy atom. The molecule has 6 rings (SSSR count). The second-order valence-corrected chi connectivity index (χ2v) is 13.2. The lowest BCUT2D eigenvalue weighted by atomic mass is 9.42. The van der Waals surface area contributed by atoms with Gasteiger partial charge in [0.15, 0.2) is 11.6 Å². The molecule has 0 radical (unpaired) electrons. The van der Waals surface area contributed by atoms with Gasteiger partial charge in [-0.25, -0.2) is 0 Å². The number of methoxy groups -OCH3 is 1. The van der Waals surface area contributed by atoms with E-state index < -0.39 is 22.8 Å². The van der Waals surface area contributed by atoms with Crippen molar-refractivity contribution in [1.29, 1.82) is 0 Å². The summed E-state index contributed by atoms with van der Waals surface area (Å²) in [6.45, 7) is 11.8. The van der Waals surface area contributed by atoms with Crippen molar-refractivity contribution in [3.05, 3.63) is 0 Å². The molecule has 6 fully saturated rings. The van der Waals surface area contributed by atoms with Gasteiger partial charge in [-0.1, -0.05) is 27.7 Å². The van der Waals surface area contributed by atoms with Crippen molar-refractivity contribution < 1.29 is 28.8 Å². The van der Waals surface area contributed by atoms with Crippen LogP contribution in [0.4, 0.5) is 0 Å². The van der Waals surface area contributed by atoms with Crippen LogP contribution in [0.25, 0.3) is 0 Å². The first-order valence-corrected chi connectivity index (χ1v) is 13.9. The van der Waals surface area contributed by atoms with Gasteiger partial charge in [-0.15, -0.1) is 0 Å². The molecule has 1 N–H and O–H groups in total. The van der Waals surface area contributed by atoms with Crippen LogP contribution in [0, 0.1) is 34.5 Å². The zero-order valence-electron chi connectivity index (χ0n) is 22.0. The molecular formula is C28H46O6. The Balaban J connectivity index is 1.35. The van der Waals surface area contributed by atoms with Crippen LogP contribution in [0.1, 0.15) is 85.5 Å². The first kappa shape index (κ1) is 24.1. The van der Waals surface area contributed by atoms with Crippen molar-refractivity contribution in [3.63, 3.8) is 0 Å². The lowest BCUT2D eigenvalue weighted by Crippen LogP contribution is -2.69. The number of hydrogen-bond donors (Lipinski definition) is 1. The van der Waals surface area contributed by atoms with Crippen molar-refractivity contribution in [3.8, 4) is 0 Å². The van der Waals surface area contributed by atoms with Gasteiger partial charge in [0, 0.05) is 31.8 Å². The molecule has 4 saturated carbocycles. The van der Waals surface area contributed by atoms with E-state index in [9.17, 15) is 5.11 Å². The fraction of sp³-hybridized carbons (Fsp3) is 1.00. The summed E-state index contributed by atoms with van der Waals surface area (Å²) < 4.78 is 31.5. The van der Waals surface area contributed by atoms with Gasteiger partial charge in [0.25, 0.3) is 0 Å². The Kier molecular flexibility index (Phi) is 5.42. The van der Waals surface area contributed by atoms with Crippen molar-refractivity contribution in [1.82, 2.24) is 0 Å². The van der Waals surface area contributed by atoms with E-state index in [0.29, 0.717) is 56.5 Å². The van der Waals surface area contributed by atoms with Crippen LogP contribution < -0.4 is 0 Å². The third-order valence-electron chi connectivity index (χ3n) is 12.0. The highest BCUT2D eigenvalue weighted by atomic mass is 16.8. The van der Waals surface area contributed by atoms with Crippen molar-refractivity contribution in [2.45, 2.75) is 108 Å². The van der Waals surface area contributed by atoms with Crippen LogP contribution in [-0.2, 0) is 23.7 Å². The Morgan fingerprint density at radius 2 is 1.47 bits per heavy atom. The second kappa shape index (κ2) is 7.64. The van der Waals surface area contributed by atoms with Crippen LogP contribution in [0.5, 0.6) is 0 Å². The molecule has 7 atom stereocenters. The highest BCUT2D eigenvalue weighted by Crippen LogP contribution is 2.72. The number of aliphatic hydroxyl groups is 1. The van der Waals surface area contributed by atoms with Gasteiger partial charge < -0.3 is 28.8 Å². The normalized spacial score (nSPS) is 50.6. The lowest BCUT2D eigenvalue weighted by molar-refractivity contribution is -0.325. The molecular weight excluding hydrogens is 432 g/mol. The second-order valence-electron chi connectivity index (χ2n) is 13.2. The van der Waals surface area contributed by atoms with Gasteiger partial charge in [-0.2, -0.15) is 0 Å². The molecule has 2 saturated heterocycles. The Bertz CT molecular complexity index is 801. The van der Waals surface area contributed by atoms with E-state index in [1.165, 1.54) is 0 Å². The smallest absolute Gasteiger partial charge is 0.198 e. The van der Waals surface area contributed by atoms with Crippen LogP contribution in [-0.4, -0.2) is 61.4 Å². The molecule has 6 heteroatoms. The maximum Gasteiger partial charge on any atom is 0.198 e. The van der Waals surface area contributed by atoms with Gasteiger partial charge in [0.1, 0.15) is 5.60 Å². The molecule has 0 amide bonds. The SMILES string of the molecule is CCC1(C2(OC)CCC3C4CC(C)(C)C5(O)CC6(CCC5C4CC[C@@]32C)OCCO6)OCCO1. The molecule has 4 aliphatic carbocycles. The van der Waals surface area contributed by atoms with Gasteiger partial charge in [0.05, 0.1) is 32.0 Å². The van der Waals surface area contributed by atoms with E-state index in [0.717, 1.165) is 51.4 Å². The highest BCUT2D eigenvalue weighted by molar-refractivity contribution is 5.21. The summed E-state index contributed by atoms with van der Waals surface area (Å²) in [6, 6.07) is 0. The van der Waals surface area contributed by atoms with E-state index in [4.69, 9.17) is 23.7 Å². The quantitative estimate of drug-likeness (QED) is 0.636. The third-order valence-corrected chi connectivity index (χ3v) is 12.0. The molecule has 34 heavy (non-hydrogen) atoms. The zero-order valence-corrected chi connectivity index (χ0v) is 22.0. The highest BCUT2D eigenvalue weighted by Gasteiger charge is 2.74. The summed E-state index contributed by atoms with van der Waals surface area (Å²) in [6.07, 6.45) is 8.75. The average molecular weight is 479 g/mol. The van der Waals surface area contributed by atoms with E-state index in [1.54, 1.807) is 0 Å². The van der Waals surface area contributed by atoms with Crippen LogP contribution in [0.2, 0.25) is 0 Å². The third kappa shape index (κ3) is 2.79. The zero-order chi connectivity index (χ0) is 24.0. The Hall–Kier alpha value is -0.240. The molecule has 6 nitrogen and oxygen atoms in total. The van der Waals surface area contributed by atoms with Crippen molar-refractivity contribution in [2.75, 3.05) is 33.5 Å². The molecule has 2 heterocycles. The lowest BCUT2D eigenvalue weighted by Gasteiger charge is -2.66. The minimum absolute atomic E-state index is 0.00235. The van der Waals surface area contributed by atoms with Gasteiger partial charge in [-0.3, -0.25) is 0 Å². The molecule has 194 valence electrons. The maximum atomic E-state index is 12.4. The molecule has 0 aromatic carbocycles. The van der Waals surface area contributed by atoms with Crippen LogP contribution >= 0.6 is 0 Å². The summed E-state index contributed by atoms with van der Waals surface area (Å²) >= 11 is 0.